The molecule has 0 saturated carbocycles. The zero-order valence-corrected chi connectivity index (χ0v) is 18.9. The molecule has 0 spiro atoms. The first-order valence-corrected chi connectivity index (χ1v) is 10.2. The molecule has 7 heteroatoms. The number of halogens is 3. The second-order valence-electron chi connectivity index (χ2n) is 6.47. The van der Waals surface area contributed by atoms with E-state index < -0.39 is 0 Å². The van der Waals surface area contributed by atoms with E-state index >= 15 is 0 Å². The van der Waals surface area contributed by atoms with E-state index in [4.69, 9.17) is 32.7 Å². The number of nitrogens with one attached hydrogen (secondary N) is 1. The molecule has 148 valence electrons. The number of ether oxygens (including phenoxy) is 2. The van der Waals surface area contributed by atoms with Crippen LogP contribution in [0.3, 0.4) is 0 Å². The van der Waals surface area contributed by atoms with Crippen molar-refractivity contribution in [1.29, 1.82) is 0 Å². The summed E-state index contributed by atoms with van der Waals surface area (Å²) in [7, 11) is 5.80. The molecule has 27 heavy (non-hydrogen) atoms. The molecule has 0 saturated heterocycles. The maximum Gasteiger partial charge on any atom is 0.175 e. The van der Waals surface area contributed by atoms with Crippen LogP contribution in [0.5, 0.6) is 11.5 Å². The molecule has 0 aliphatic heterocycles. The van der Waals surface area contributed by atoms with Crippen LogP contribution in [0, 0.1) is 0 Å². The molecule has 0 radical (unpaired) electrons. The minimum absolute atomic E-state index is 0.326. The molecule has 2 aromatic carbocycles. The van der Waals surface area contributed by atoms with Crippen LogP contribution >= 0.6 is 39.1 Å². The van der Waals surface area contributed by atoms with Crippen LogP contribution in [0.2, 0.25) is 10.0 Å². The molecule has 1 N–H and O–H groups in total. The lowest BCUT2D eigenvalue weighted by atomic mass is 10.2. The van der Waals surface area contributed by atoms with Crippen LogP contribution in [0.4, 0.5) is 0 Å². The number of benzene rings is 2. The third-order valence-corrected chi connectivity index (χ3v) is 5.14. The molecule has 0 bridgehead atoms. The molecule has 0 aromatic heterocycles. The molecule has 2 rings (SSSR count). The SMILES string of the molecule is COc1cc(CNCCCN(C)C)cc(Br)c1OCc1ccc(Cl)cc1Cl. The number of nitrogens with zero attached hydrogens (tertiary/aromatic N) is 1. The smallest absolute Gasteiger partial charge is 0.175 e. The Balaban J connectivity index is 2.00. The lowest BCUT2D eigenvalue weighted by molar-refractivity contribution is 0.282. The van der Waals surface area contributed by atoms with Crippen LogP contribution in [0.15, 0.2) is 34.8 Å². The van der Waals surface area contributed by atoms with Gasteiger partial charge in [-0.25, -0.2) is 0 Å². The lowest BCUT2D eigenvalue weighted by Gasteiger charge is -2.15. The van der Waals surface area contributed by atoms with Crippen molar-refractivity contribution in [3.63, 3.8) is 0 Å². The summed E-state index contributed by atoms with van der Waals surface area (Å²) in [5.41, 5.74) is 1.99. The summed E-state index contributed by atoms with van der Waals surface area (Å²) >= 11 is 15.7. The Labute approximate surface area is 179 Å². The van der Waals surface area contributed by atoms with Crippen LogP contribution in [0.1, 0.15) is 17.5 Å². The normalized spacial score (nSPS) is 11.1. The summed E-state index contributed by atoms with van der Waals surface area (Å²) in [6.07, 6.45) is 1.11. The topological polar surface area (TPSA) is 33.7 Å². The molecule has 0 amide bonds. The van der Waals surface area contributed by atoms with Gasteiger partial charge in [-0.05, 0) is 79.4 Å². The molecular formula is C20H25BrCl2N2O2. The number of hydrogen-bond acceptors (Lipinski definition) is 4. The molecule has 0 aliphatic rings. The van der Waals surface area contributed by atoms with E-state index in [9.17, 15) is 0 Å². The van der Waals surface area contributed by atoms with Gasteiger partial charge in [0.05, 0.1) is 11.6 Å². The molecule has 0 atom stereocenters. The average molecular weight is 476 g/mol. The molecule has 0 aliphatic carbocycles. The van der Waals surface area contributed by atoms with Crippen molar-refractivity contribution in [3.05, 3.63) is 56.0 Å². The van der Waals surface area contributed by atoms with Gasteiger partial charge in [-0.15, -0.1) is 0 Å². The second-order valence-corrected chi connectivity index (χ2v) is 8.17. The highest BCUT2D eigenvalue weighted by Gasteiger charge is 2.13. The van der Waals surface area contributed by atoms with Gasteiger partial charge >= 0.3 is 0 Å². The quantitative estimate of drug-likeness (QED) is 0.467. The maximum absolute atomic E-state index is 6.22. The summed E-state index contributed by atoms with van der Waals surface area (Å²) in [4.78, 5) is 2.18. The van der Waals surface area contributed by atoms with E-state index in [0.717, 1.165) is 41.7 Å². The summed E-state index contributed by atoms with van der Waals surface area (Å²) < 4.78 is 12.3. The van der Waals surface area contributed by atoms with Gasteiger partial charge in [0.15, 0.2) is 11.5 Å². The third-order valence-electron chi connectivity index (χ3n) is 3.96. The van der Waals surface area contributed by atoms with Crippen molar-refractivity contribution in [2.45, 2.75) is 19.6 Å². The van der Waals surface area contributed by atoms with Gasteiger partial charge in [0, 0.05) is 22.2 Å². The van der Waals surface area contributed by atoms with E-state index in [1.807, 2.05) is 18.2 Å². The molecule has 0 fully saturated rings. The van der Waals surface area contributed by atoms with Gasteiger partial charge in [-0.2, -0.15) is 0 Å². The van der Waals surface area contributed by atoms with Crippen molar-refractivity contribution < 1.29 is 9.47 Å². The maximum atomic E-state index is 6.22. The van der Waals surface area contributed by atoms with E-state index in [0.29, 0.717) is 28.2 Å². The van der Waals surface area contributed by atoms with E-state index in [-0.39, 0.29) is 0 Å². The van der Waals surface area contributed by atoms with Crippen molar-refractivity contribution in [2.75, 3.05) is 34.3 Å². The second kappa shape index (κ2) is 11.1. The predicted molar refractivity (Wildman–Crippen MR) is 116 cm³/mol. The Kier molecular flexibility index (Phi) is 9.19. The van der Waals surface area contributed by atoms with Crippen molar-refractivity contribution in [1.82, 2.24) is 10.2 Å². The Bertz CT molecular complexity index is 757. The zero-order chi connectivity index (χ0) is 19.8. The van der Waals surface area contributed by atoms with Crippen LogP contribution < -0.4 is 14.8 Å². The number of hydrogen-bond donors (Lipinski definition) is 1. The van der Waals surface area contributed by atoms with Gasteiger partial charge in [0.1, 0.15) is 6.61 Å². The summed E-state index contributed by atoms with van der Waals surface area (Å²) in [5, 5.41) is 4.63. The monoisotopic (exact) mass is 474 g/mol. The molecular weight excluding hydrogens is 451 g/mol. The van der Waals surface area contributed by atoms with E-state index in [2.05, 4.69) is 40.2 Å². The molecule has 4 nitrogen and oxygen atoms in total. The van der Waals surface area contributed by atoms with Gasteiger partial charge in [0.2, 0.25) is 0 Å². The van der Waals surface area contributed by atoms with Gasteiger partial charge < -0.3 is 19.7 Å². The zero-order valence-electron chi connectivity index (χ0n) is 15.8. The van der Waals surface area contributed by atoms with Gasteiger partial charge in [-0.3, -0.25) is 0 Å². The van der Waals surface area contributed by atoms with Crippen molar-refractivity contribution in [2.24, 2.45) is 0 Å². The fourth-order valence-electron chi connectivity index (χ4n) is 2.56. The molecule has 0 unspecified atom stereocenters. The Hall–Kier alpha value is -0.980. The standard InChI is InChI=1S/C20H25BrCl2N2O2/c1-25(2)8-4-7-24-12-14-9-17(21)20(19(10-14)26-3)27-13-15-5-6-16(22)11-18(15)23/h5-6,9-11,24H,4,7-8,12-13H2,1-3H3. The van der Waals surface area contributed by atoms with Crippen molar-refractivity contribution in [3.8, 4) is 11.5 Å². The van der Waals surface area contributed by atoms with Gasteiger partial charge in [-0.1, -0.05) is 29.3 Å². The number of methoxy groups -OCH3 is 1. The largest absolute Gasteiger partial charge is 0.493 e. The summed E-state index contributed by atoms with van der Waals surface area (Å²) in [6.45, 7) is 3.13. The van der Waals surface area contributed by atoms with Gasteiger partial charge in [0.25, 0.3) is 0 Å². The van der Waals surface area contributed by atoms with Crippen LogP contribution in [-0.4, -0.2) is 39.2 Å². The van der Waals surface area contributed by atoms with Crippen molar-refractivity contribution >= 4 is 39.1 Å². The highest BCUT2D eigenvalue weighted by molar-refractivity contribution is 9.10. The Morgan fingerprint density at radius 3 is 2.59 bits per heavy atom. The van der Waals surface area contributed by atoms with E-state index in [1.165, 1.54) is 0 Å². The molecule has 2 aromatic rings. The first-order chi connectivity index (χ1) is 12.9. The number of rotatable bonds is 10. The van der Waals surface area contributed by atoms with E-state index in [1.54, 1.807) is 19.2 Å². The molecule has 0 heterocycles. The van der Waals surface area contributed by atoms with Crippen LogP contribution in [0.25, 0.3) is 0 Å². The minimum Gasteiger partial charge on any atom is -0.493 e. The fourth-order valence-corrected chi connectivity index (χ4v) is 3.62. The van der Waals surface area contributed by atoms with Crippen LogP contribution in [-0.2, 0) is 13.2 Å². The first kappa shape index (κ1) is 22.3. The summed E-state index contributed by atoms with van der Waals surface area (Å²) in [6, 6.07) is 9.39. The highest BCUT2D eigenvalue weighted by Crippen LogP contribution is 2.37. The lowest BCUT2D eigenvalue weighted by Crippen LogP contribution is -2.21. The highest BCUT2D eigenvalue weighted by atomic mass is 79.9. The Morgan fingerprint density at radius 1 is 1.15 bits per heavy atom. The predicted octanol–water partition coefficient (Wildman–Crippen LogP) is 5.38. The minimum atomic E-state index is 0.326. The average Bonchev–Trinajstić information content (AvgIpc) is 2.61. The third kappa shape index (κ3) is 7.16. The Morgan fingerprint density at radius 2 is 1.93 bits per heavy atom. The summed E-state index contributed by atoms with van der Waals surface area (Å²) in [5.74, 6) is 1.33. The first-order valence-electron chi connectivity index (χ1n) is 8.69. The fraction of sp³-hybridized carbons (Fsp3) is 0.400.